The zero-order valence-corrected chi connectivity index (χ0v) is 19.5. The van der Waals surface area contributed by atoms with Crippen LogP contribution in [-0.2, 0) is 11.3 Å². The van der Waals surface area contributed by atoms with Gasteiger partial charge in [0.15, 0.2) is 0 Å². The monoisotopic (exact) mass is 469 g/mol. The molecule has 1 unspecified atom stereocenters. The Morgan fingerprint density at radius 3 is 2.60 bits per heavy atom. The SMILES string of the molecule is Oc1ccc2c3c(ccc2c1)-c1cccc(F)c1COC3c1ccc(OCCN2CCCC2)cc1. The Bertz CT molecular complexity index is 1360. The van der Waals surface area contributed by atoms with Crippen LogP contribution in [0.2, 0.25) is 0 Å². The van der Waals surface area contributed by atoms with Gasteiger partial charge in [0.25, 0.3) is 0 Å². The Hall–Kier alpha value is -3.41. The van der Waals surface area contributed by atoms with Gasteiger partial charge < -0.3 is 14.6 Å². The number of hydrogen-bond donors (Lipinski definition) is 1. The van der Waals surface area contributed by atoms with Crippen LogP contribution in [0.5, 0.6) is 11.5 Å². The lowest BCUT2D eigenvalue weighted by Gasteiger charge is -2.21. The summed E-state index contributed by atoms with van der Waals surface area (Å²) in [6.45, 7) is 4.12. The predicted molar refractivity (Wildman–Crippen MR) is 135 cm³/mol. The zero-order valence-electron chi connectivity index (χ0n) is 19.5. The molecule has 2 aliphatic heterocycles. The number of benzene rings is 4. The van der Waals surface area contributed by atoms with Crippen LogP contribution in [0.4, 0.5) is 4.39 Å². The standard InChI is InChI=1S/C30H28FNO3/c31-28-5-3-4-25-26-12-8-21-18-22(33)9-13-24(21)29(26)30(35-19-27(25)28)20-6-10-23(11-7-20)34-17-16-32-14-1-2-15-32/h3-13,18,30,33H,1-2,14-17,19H2. The van der Waals surface area contributed by atoms with Crippen molar-refractivity contribution >= 4 is 10.8 Å². The van der Waals surface area contributed by atoms with Crippen molar-refractivity contribution in [2.24, 2.45) is 0 Å². The van der Waals surface area contributed by atoms with Gasteiger partial charge >= 0.3 is 0 Å². The molecule has 4 aromatic carbocycles. The van der Waals surface area contributed by atoms with E-state index in [-0.39, 0.29) is 24.3 Å². The number of rotatable bonds is 5. The quantitative estimate of drug-likeness (QED) is 0.365. The number of likely N-dealkylation sites (tertiary alicyclic amines) is 1. The van der Waals surface area contributed by atoms with Crippen LogP contribution >= 0.6 is 0 Å². The summed E-state index contributed by atoms with van der Waals surface area (Å²) < 4.78 is 27.2. The summed E-state index contributed by atoms with van der Waals surface area (Å²) in [6.07, 6.45) is 2.17. The van der Waals surface area contributed by atoms with E-state index in [1.807, 2.05) is 48.5 Å². The van der Waals surface area contributed by atoms with E-state index in [1.165, 1.54) is 18.9 Å². The van der Waals surface area contributed by atoms with Crippen molar-refractivity contribution in [2.45, 2.75) is 25.6 Å². The number of phenolic OH excluding ortho intramolecular Hbond substituents is 1. The van der Waals surface area contributed by atoms with Crippen molar-refractivity contribution in [1.82, 2.24) is 4.90 Å². The Morgan fingerprint density at radius 1 is 0.943 bits per heavy atom. The second-order valence-corrected chi connectivity index (χ2v) is 9.36. The van der Waals surface area contributed by atoms with Crippen LogP contribution in [-0.4, -0.2) is 36.2 Å². The molecule has 2 heterocycles. The maximum absolute atomic E-state index is 14.8. The van der Waals surface area contributed by atoms with Gasteiger partial charge in [-0.1, -0.05) is 42.5 Å². The third-order valence-corrected chi connectivity index (χ3v) is 7.17. The van der Waals surface area contributed by atoms with E-state index in [0.29, 0.717) is 12.2 Å². The maximum Gasteiger partial charge on any atom is 0.129 e. The molecule has 1 N–H and O–H groups in total. The maximum atomic E-state index is 14.8. The van der Waals surface area contributed by atoms with E-state index in [0.717, 1.165) is 58.4 Å². The van der Waals surface area contributed by atoms with Crippen LogP contribution in [0.15, 0.2) is 72.8 Å². The largest absolute Gasteiger partial charge is 0.508 e. The highest BCUT2D eigenvalue weighted by molar-refractivity contribution is 5.94. The van der Waals surface area contributed by atoms with Crippen LogP contribution in [0, 0.1) is 5.82 Å². The summed E-state index contributed by atoms with van der Waals surface area (Å²) in [7, 11) is 0. The first kappa shape index (κ1) is 22.1. The summed E-state index contributed by atoms with van der Waals surface area (Å²) >= 11 is 0. The normalized spacial score (nSPS) is 17.7. The van der Waals surface area contributed by atoms with Gasteiger partial charge in [-0.3, -0.25) is 4.90 Å². The van der Waals surface area contributed by atoms with Gasteiger partial charge in [0.2, 0.25) is 0 Å². The molecule has 0 amide bonds. The minimum Gasteiger partial charge on any atom is -0.508 e. The number of ether oxygens (including phenoxy) is 2. The highest BCUT2D eigenvalue weighted by Crippen LogP contribution is 2.44. The van der Waals surface area contributed by atoms with Crippen LogP contribution < -0.4 is 4.74 Å². The smallest absolute Gasteiger partial charge is 0.129 e. The van der Waals surface area contributed by atoms with Gasteiger partial charge in [-0.2, -0.15) is 0 Å². The van der Waals surface area contributed by atoms with Gasteiger partial charge in [-0.05, 0) is 83.7 Å². The van der Waals surface area contributed by atoms with Crippen molar-refractivity contribution in [1.29, 1.82) is 0 Å². The molecule has 0 saturated carbocycles. The fraction of sp³-hybridized carbons (Fsp3) is 0.267. The molecule has 35 heavy (non-hydrogen) atoms. The molecule has 6 rings (SSSR count). The van der Waals surface area contributed by atoms with Gasteiger partial charge in [0, 0.05) is 17.7 Å². The number of phenols is 1. The van der Waals surface area contributed by atoms with Crippen LogP contribution in [0.1, 0.15) is 35.6 Å². The second-order valence-electron chi connectivity index (χ2n) is 9.36. The number of hydrogen-bond acceptors (Lipinski definition) is 4. The van der Waals surface area contributed by atoms with E-state index in [9.17, 15) is 9.50 Å². The van der Waals surface area contributed by atoms with Gasteiger partial charge in [0.1, 0.15) is 30.0 Å². The summed E-state index contributed by atoms with van der Waals surface area (Å²) in [6, 6.07) is 22.5. The average Bonchev–Trinajstić information content (AvgIpc) is 3.32. The molecule has 0 aliphatic carbocycles. The van der Waals surface area contributed by atoms with Gasteiger partial charge in [-0.25, -0.2) is 4.39 Å². The summed E-state index contributed by atoms with van der Waals surface area (Å²) in [4.78, 5) is 2.43. The highest BCUT2D eigenvalue weighted by Gasteiger charge is 2.28. The molecule has 5 heteroatoms. The Morgan fingerprint density at radius 2 is 1.77 bits per heavy atom. The average molecular weight is 470 g/mol. The molecule has 178 valence electrons. The van der Waals surface area contributed by atoms with Crippen molar-refractivity contribution in [3.05, 3.63) is 95.3 Å². The molecular weight excluding hydrogens is 441 g/mol. The lowest BCUT2D eigenvalue weighted by Crippen LogP contribution is -2.25. The highest BCUT2D eigenvalue weighted by atomic mass is 19.1. The van der Waals surface area contributed by atoms with Crippen LogP contribution in [0.3, 0.4) is 0 Å². The molecule has 1 fully saturated rings. The molecule has 0 spiro atoms. The minimum absolute atomic E-state index is 0.176. The van der Waals surface area contributed by atoms with E-state index in [4.69, 9.17) is 9.47 Å². The van der Waals surface area contributed by atoms with Crippen LogP contribution in [0.25, 0.3) is 21.9 Å². The minimum atomic E-state index is -0.385. The third-order valence-electron chi connectivity index (χ3n) is 7.17. The van der Waals surface area contributed by atoms with E-state index >= 15 is 0 Å². The van der Waals surface area contributed by atoms with E-state index in [1.54, 1.807) is 18.2 Å². The Balaban J connectivity index is 1.36. The topological polar surface area (TPSA) is 41.9 Å². The second kappa shape index (κ2) is 9.33. The summed E-state index contributed by atoms with van der Waals surface area (Å²) in [5.41, 5.74) is 4.32. The van der Waals surface area contributed by atoms with E-state index in [2.05, 4.69) is 4.90 Å². The lowest BCUT2D eigenvalue weighted by molar-refractivity contribution is 0.0683. The first-order chi connectivity index (χ1) is 17.2. The van der Waals surface area contributed by atoms with Crippen molar-refractivity contribution in [2.75, 3.05) is 26.2 Å². The zero-order chi connectivity index (χ0) is 23.8. The lowest BCUT2D eigenvalue weighted by atomic mass is 9.87. The number of halogens is 1. The molecule has 0 aromatic heterocycles. The fourth-order valence-corrected chi connectivity index (χ4v) is 5.37. The molecule has 1 saturated heterocycles. The number of fused-ring (bicyclic) bond motifs is 5. The van der Waals surface area contributed by atoms with E-state index < -0.39 is 0 Å². The first-order valence-electron chi connectivity index (χ1n) is 12.3. The Kier molecular flexibility index (Phi) is 5.88. The predicted octanol–water partition coefficient (Wildman–Crippen LogP) is 6.45. The van der Waals surface area contributed by atoms with Crippen molar-refractivity contribution in [3.63, 3.8) is 0 Å². The molecule has 4 nitrogen and oxygen atoms in total. The molecule has 1 atom stereocenters. The van der Waals surface area contributed by atoms with Crippen molar-refractivity contribution in [3.8, 4) is 22.6 Å². The van der Waals surface area contributed by atoms with Gasteiger partial charge in [0.05, 0.1) is 6.61 Å². The summed E-state index contributed by atoms with van der Waals surface area (Å²) in [5.74, 6) is 0.783. The van der Waals surface area contributed by atoms with Crippen molar-refractivity contribution < 1.29 is 19.0 Å². The van der Waals surface area contributed by atoms with Gasteiger partial charge in [-0.15, -0.1) is 0 Å². The Labute approximate surface area is 204 Å². The first-order valence-corrected chi connectivity index (χ1v) is 12.3. The summed E-state index contributed by atoms with van der Waals surface area (Å²) in [5, 5.41) is 11.9. The molecule has 0 bridgehead atoms. The number of nitrogens with zero attached hydrogens (tertiary/aromatic N) is 1. The third kappa shape index (κ3) is 4.26. The molecule has 0 radical (unpaired) electrons. The number of aromatic hydroxyl groups is 1. The molecule has 2 aliphatic rings. The molecular formula is C30H28FNO3. The molecule has 4 aromatic rings. The fourth-order valence-electron chi connectivity index (χ4n) is 5.37.